The Morgan fingerprint density at radius 2 is 2.47 bits per heavy atom. The van der Waals surface area contributed by atoms with Gasteiger partial charge in [-0.2, -0.15) is 11.8 Å². The first kappa shape index (κ1) is 12.8. The van der Waals surface area contributed by atoms with Gasteiger partial charge in [-0.05, 0) is 37.3 Å². The molecule has 0 aromatic heterocycles. The van der Waals surface area contributed by atoms with E-state index in [0.29, 0.717) is 18.4 Å². The van der Waals surface area contributed by atoms with Gasteiger partial charge in [0, 0.05) is 19.0 Å². The van der Waals surface area contributed by atoms with E-state index in [-0.39, 0.29) is 5.91 Å². The summed E-state index contributed by atoms with van der Waals surface area (Å²) in [7, 11) is 0. The summed E-state index contributed by atoms with van der Waals surface area (Å²) in [6, 6.07) is 0.386. The van der Waals surface area contributed by atoms with Crippen molar-refractivity contribution >= 4 is 17.7 Å². The molecule has 4 heteroatoms. The molecule has 1 heterocycles. The van der Waals surface area contributed by atoms with Crippen molar-refractivity contribution in [2.24, 2.45) is 5.92 Å². The minimum Gasteiger partial charge on any atom is -0.356 e. The van der Waals surface area contributed by atoms with Crippen molar-refractivity contribution in [2.45, 2.75) is 32.2 Å². The Morgan fingerprint density at radius 1 is 1.67 bits per heavy atom. The quantitative estimate of drug-likeness (QED) is 0.747. The molecular weight excluding hydrogens is 208 g/mol. The molecule has 2 N–H and O–H groups in total. The number of rotatable bonds is 5. The van der Waals surface area contributed by atoms with Gasteiger partial charge in [0.15, 0.2) is 0 Å². The third-order valence-corrected chi connectivity index (χ3v) is 3.59. The van der Waals surface area contributed by atoms with Crippen molar-refractivity contribution < 1.29 is 4.79 Å². The number of carbonyl (C=O) groups excluding carboxylic acids is 1. The molecule has 2 atom stereocenters. The van der Waals surface area contributed by atoms with E-state index in [0.717, 1.165) is 25.9 Å². The summed E-state index contributed by atoms with van der Waals surface area (Å²) in [4.78, 5) is 11.3. The molecule has 0 spiro atoms. The van der Waals surface area contributed by atoms with Crippen LogP contribution in [0.1, 0.15) is 26.2 Å². The molecule has 1 rings (SSSR count). The van der Waals surface area contributed by atoms with E-state index in [1.54, 1.807) is 0 Å². The predicted octanol–water partition coefficient (Wildman–Crippen LogP) is 1.24. The average Bonchev–Trinajstić information content (AvgIpc) is 2.40. The highest BCUT2D eigenvalue weighted by Gasteiger charge is 2.17. The van der Waals surface area contributed by atoms with Crippen LogP contribution in [0.2, 0.25) is 0 Å². The van der Waals surface area contributed by atoms with E-state index in [9.17, 15) is 4.79 Å². The Hall–Kier alpha value is -0.220. The second-order valence-electron chi connectivity index (χ2n) is 4.36. The van der Waals surface area contributed by atoms with Crippen LogP contribution in [0, 0.1) is 5.92 Å². The highest BCUT2D eigenvalue weighted by molar-refractivity contribution is 7.98. The predicted molar refractivity (Wildman–Crippen MR) is 66.2 cm³/mol. The third-order valence-electron chi connectivity index (χ3n) is 2.69. The lowest BCUT2D eigenvalue weighted by atomic mass is 10.1. The second kappa shape index (κ2) is 7.12. The fourth-order valence-electron chi connectivity index (χ4n) is 1.86. The van der Waals surface area contributed by atoms with Crippen molar-refractivity contribution in [2.75, 3.05) is 25.1 Å². The molecule has 0 aromatic rings. The molecule has 2 unspecified atom stereocenters. The van der Waals surface area contributed by atoms with E-state index in [2.05, 4.69) is 23.8 Å². The molecule has 0 aliphatic carbocycles. The van der Waals surface area contributed by atoms with Gasteiger partial charge in [-0.15, -0.1) is 0 Å². The van der Waals surface area contributed by atoms with Gasteiger partial charge in [-0.1, -0.05) is 6.92 Å². The topological polar surface area (TPSA) is 41.1 Å². The highest BCUT2D eigenvalue weighted by Crippen LogP contribution is 2.08. The number of hydrogen-bond donors (Lipinski definition) is 2. The van der Waals surface area contributed by atoms with Crippen LogP contribution in [0.25, 0.3) is 0 Å². The van der Waals surface area contributed by atoms with Crippen LogP contribution < -0.4 is 10.6 Å². The molecule has 1 aliphatic heterocycles. The zero-order valence-corrected chi connectivity index (χ0v) is 10.5. The zero-order valence-electron chi connectivity index (χ0n) is 9.71. The Kier molecular flexibility index (Phi) is 6.10. The van der Waals surface area contributed by atoms with Crippen LogP contribution in [0.3, 0.4) is 0 Å². The molecule has 0 bridgehead atoms. The monoisotopic (exact) mass is 230 g/mol. The molecule has 88 valence electrons. The molecule has 1 amide bonds. The third kappa shape index (κ3) is 5.42. The lowest BCUT2D eigenvalue weighted by Gasteiger charge is -2.18. The fourth-order valence-corrected chi connectivity index (χ4v) is 2.55. The Balaban J connectivity index is 2.21. The van der Waals surface area contributed by atoms with Crippen LogP contribution in [0.4, 0.5) is 0 Å². The van der Waals surface area contributed by atoms with Gasteiger partial charge < -0.3 is 10.6 Å². The molecular formula is C11H22N2OS. The van der Waals surface area contributed by atoms with Gasteiger partial charge in [0.2, 0.25) is 5.91 Å². The number of nitrogens with one attached hydrogen (secondary N) is 2. The van der Waals surface area contributed by atoms with Crippen molar-refractivity contribution in [3.63, 3.8) is 0 Å². The van der Waals surface area contributed by atoms with E-state index in [1.165, 1.54) is 5.75 Å². The van der Waals surface area contributed by atoms with E-state index in [4.69, 9.17) is 0 Å². The first-order valence-electron chi connectivity index (χ1n) is 5.71. The summed E-state index contributed by atoms with van der Waals surface area (Å²) >= 11 is 1.88. The summed E-state index contributed by atoms with van der Waals surface area (Å²) in [5.74, 6) is 2.07. The maximum Gasteiger partial charge on any atom is 0.221 e. The van der Waals surface area contributed by atoms with E-state index < -0.39 is 0 Å². The minimum atomic E-state index is 0.197. The maximum absolute atomic E-state index is 11.3. The van der Waals surface area contributed by atoms with E-state index >= 15 is 0 Å². The number of carbonyl (C=O) groups is 1. The van der Waals surface area contributed by atoms with Gasteiger partial charge in [0.1, 0.15) is 0 Å². The minimum absolute atomic E-state index is 0.197. The molecule has 0 saturated carbocycles. The lowest BCUT2D eigenvalue weighted by molar-refractivity contribution is -0.121. The normalized spacial score (nSPS) is 24.4. The van der Waals surface area contributed by atoms with Gasteiger partial charge >= 0.3 is 0 Å². The van der Waals surface area contributed by atoms with Gasteiger partial charge in [0.25, 0.3) is 0 Å². The van der Waals surface area contributed by atoms with Crippen molar-refractivity contribution in [1.29, 1.82) is 0 Å². The SMILES string of the molecule is CSCC(C)CNC1CCCNC(=O)C1. The number of amides is 1. The maximum atomic E-state index is 11.3. The molecule has 3 nitrogen and oxygen atoms in total. The average molecular weight is 230 g/mol. The fraction of sp³-hybridized carbons (Fsp3) is 0.909. The number of hydrogen-bond acceptors (Lipinski definition) is 3. The van der Waals surface area contributed by atoms with E-state index in [1.807, 2.05) is 11.8 Å². The Labute approximate surface area is 96.8 Å². The summed E-state index contributed by atoms with van der Waals surface area (Å²) in [6.07, 6.45) is 4.99. The summed E-state index contributed by atoms with van der Waals surface area (Å²) in [5.41, 5.74) is 0. The van der Waals surface area contributed by atoms with Gasteiger partial charge in [-0.3, -0.25) is 4.79 Å². The molecule has 0 aromatic carbocycles. The second-order valence-corrected chi connectivity index (χ2v) is 5.27. The molecule has 1 saturated heterocycles. The van der Waals surface area contributed by atoms with Crippen molar-refractivity contribution in [3.8, 4) is 0 Å². The lowest BCUT2D eigenvalue weighted by Crippen LogP contribution is -2.35. The number of thioether (sulfide) groups is 1. The van der Waals surface area contributed by atoms with Crippen LogP contribution in [-0.4, -0.2) is 37.0 Å². The summed E-state index contributed by atoms with van der Waals surface area (Å²) in [6.45, 7) is 4.12. The van der Waals surface area contributed by atoms with Crippen molar-refractivity contribution in [3.05, 3.63) is 0 Å². The van der Waals surface area contributed by atoms with Crippen molar-refractivity contribution in [1.82, 2.24) is 10.6 Å². The molecule has 1 fully saturated rings. The largest absolute Gasteiger partial charge is 0.356 e. The first-order chi connectivity index (χ1) is 7.22. The standard InChI is InChI=1S/C11H22N2OS/c1-9(8-15-2)7-13-10-4-3-5-12-11(14)6-10/h9-10,13H,3-8H2,1-2H3,(H,12,14). The molecule has 1 aliphatic rings. The zero-order chi connectivity index (χ0) is 11.1. The summed E-state index contributed by atoms with van der Waals surface area (Å²) in [5, 5.41) is 6.41. The smallest absolute Gasteiger partial charge is 0.221 e. The molecule has 0 radical (unpaired) electrons. The van der Waals surface area contributed by atoms with Gasteiger partial charge in [0.05, 0.1) is 0 Å². The summed E-state index contributed by atoms with van der Waals surface area (Å²) < 4.78 is 0. The Morgan fingerprint density at radius 3 is 3.20 bits per heavy atom. The first-order valence-corrected chi connectivity index (χ1v) is 7.10. The highest BCUT2D eigenvalue weighted by atomic mass is 32.2. The molecule has 15 heavy (non-hydrogen) atoms. The van der Waals surface area contributed by atoms with Crippen LogP contribution in [0.15, 0.2) is 0 Å². The van der Waals surface area contributed by atoms with Gasteiger partial charge in [-0.25, -0.2) is 0 Å². The van der Waals surface area contributed by atoms with Crippen LogP contribution in [0.5, 0.6) is 0 Å². The van der Waals surface area contributed by atoms with Crippen LogP contribution in [-0.2, 0) is 4.79 Å². The van der Waals surface area contributed by atoms with Crippen LogP contribution >= 0.6 is 11.8 Å². The Bertz CT molecular complexity index is 199.